The van der Waals surface area contributed by atoms with E-state index in [0.717, 1.165) is 24.9 Å². The number of benzene rings is 2. The Hall–Kier alpha value is -3.87. The van der Waals surface area contributed by atoms with Crippen molar-refractivity contribution in [1.29, 1.82) is 0 Å². The normalized spacial score (nSPS) is 15.8. The maximum Gasteiger partial charge on any atom is 0.320 e. The van der Waals surface area contributed by atoms with E-state index in [1.165, 1.54) is 31.2 Å². The van der Waals surface area contributed by atoms with Gasteiger partial charge in [-0.2, -0.15) is 0 Å². The lowest BCUT2D eigenvalue weighted by atomic mass is 10.1. The van der Waals surface area contributed by atoms with Gasteiger partial charge in [0.25, 0.3) is 5.69 Å². The predicted octanol–water partition coefficient (Wildman–Crippen LogP) is 1.34. The van der Waals surface area contributed by atoms with E-state index in [-0.39, 0.29) is 17.6 Å². The monoisotopic (exact) mass is 489 g/mol. The van der Waals surface area contributed by atoms with E-state index in [1.807, 2.05) is 30.3 Å². The molecular weight excluding hydrogens is 458 g/mol. The lowest BCUT2D eigenvalue weighted by Gasteiger charge is -2.10. The number of nitro benzene ring substituents is 1. The number of rotatable bonds is 7. The van der Waals surface area contributed by atoms with Gasteiger partial charge < -0.3 is 32.3 Å². The molecule has 1 amide bonds. The van der Waals surface area contributed by atoms with Crippen molar-refractivity contribution in [3.05, 3.63) is 70.3 Å². The molecule has 1 heterocycles. The molecular formula is C23H31N5O7. The van der Waals surface area contributed by atoms with Gasteiger partial charge in [0.1, 0.15) is 12.1 Å². The molecule has 3 atom stereocenters. The molecule has 2 aromatic rings. The first-order chi connectivity index (χ1) is 16.5. The van der Waals surface area contributed by atoms with Crippen LogP contribution in [0.2, 0.25) is 0 Å². The van der Waals surface area contributed by atoms with Gasteiger partial charge in [0.05, 0.1) is 11.0 Å². The minimum atomic E-state index is -0.963. The molecule has 2 aromatic carbocycles. The van der Waals surface area contributed by atoms with Crippen molar-refractivity contribution < 1.29 is 29.5 Å². The largest absolute Gasteiger partial charge is 0.480 e. The summed E-state index contributed by atoms with van der Waals surface area (Å²) < 4.78 is 0. The third-order valence-electron chi connectivity index (χ3n) is 4.73. The Morgan fingerprint density at radius 1 is 1.09 bits per heavy atom. The highest BCUT2D eigenvalue weighted by Crippen LogP contribution is 2.16. The van der Waals surface area contributed by atoms with Gasteiger partial charge in [-0.05, 0) is 50.4 Å². The van der Waals surface area contributed by atoms with Crippen LogP contribution >= 0.6 is 0 Å². The summed E-state index contributed by atoms with van der Waals surface area (Å²) in [4.78, 5) is 41.7. The molecule has 1 aliphatic heterocycles. The summed E-state index contributed by atoms with van der Waals surface area (Å²) in [6.07, 6.45) is 2.22. The van der Waals surface area contributed by atoms with E-state index in [2.05, 4.69) is 10.6 Å². The van der Waals surface area contributed by atoms with Crippen LogP contribution in [0.5, 0.6) is 0 Å². The number of carbonyl (C=O) groups is 3. The molecule has 1 fully saturated rings. The number of aliphatic carboxylic acids is 2. The van der Waals surface area contributed by atoms with Crippen LogP contribution in [0.1, 0.15) is 25.3 Å². The Kier molecular flexibility index (Phi) is 12.6. The number of hydrogen-bond donors (Lipinski definition) is 6. The second-order valence-corrected chi connectivity index (χ2v) is 7.70. The van der Waals surface area contributed by atoms with E-state index in [9.17, 15) is 24.5 Å². The first-order valence-corrected chi connectivity index (χ1v) is 10.8. The average Bonchev–Trinajstić information content (AvgIpc) is 3.36. The molecule has 3 rings (SSSR count). The molecule has 35 heavy (non-hydrogen) atoms. The second kappa shape index (κ2) is 15.1. The number of nitrogens with two attached hydrogens (primary N) is 2. The zero-order valence-electron chi connectivity index (χ0n) is 19.3. The molecule has 0 bridgehead atoms. The Morgan fingerprint density at radius 3 is 2.09 bits per heavy atom. The number of carbonyl (C=O) groups excluding carboxylic acids is 1. The van der Waals surface area contributed by atoms with Crippen molar-refractivity contribution in [2.75, 3.05) is 11.9 Å². The summed E-state index contributed by atoms with van der Waals surface area (Å²) in [7, 11) is 0. The van der Waals surface area contributed by atoms with Crippen molar-refractivity contribution in [2.24, 2.45) is 11.5 Å². The van der Waals surface area contributed by atoms with Gasteiger partial charge in [0, 0.05) is 17.8 Å². The lowest BCUT2D eigenvalue weighted by Crippen LogP contribution is -2.35. The first kappa shape index (κ1) is 29.2. The van der Waals surface area contributed by atoms with E-state index in [4.69, 9.17) is 21.7 Å². The first-order valence-electron chi connectivity index (χ1n) is 10.8. The fourth-order valence-corrected chi connectivity index (χ4v) is 2.76. The molecule has 1 aliphatic rings. The highest BCUT2D eigenvalue weighted by atomic mass is 16.6. The minimum Gasteiger partial charge on any atom is -0.480 e. The van der Waals surface area contributed by atoms with Crippen LogP contribution in [0.25, 0.3) is 0 Å². The van der Waals surface area contributed by atoms with Gasteiger partial charge in [-0.3, -0.25) is 24.5 Å². The molecule has 0 spiro atoms. The molecule has 1 saturated heterocycles. The highest BCUT2D eigenvalue weighted by Gasteiger charge is 2.21. The maximum absolute atomic E-state index is 11.7. The molecule has 0 saturated carbocycles. The maximum atomic E-state index is 11.7. The average molecular weight is 490 g/mol. The van der Waals surface area contributed by atoms with Crippen LogP contribution < -0.4 is 22.1 Å². The number of carboxylic acid groups (broad SMARTS) is 2. The van der Waals surface area contributed by atoms with Crippen molar-refractivity contribution in [1.82, 2.24) is 5.32 Å². The smallest absolute Gasteiger partial charge is 0.320 e. The third kappa shape index (κ3) is 11.7. The lowest BCUT2D eigenvalue weighted by molar-refractivity contribution is -0.384. The Morgan fingerprint density at radius 2 is 1.66 bits per heavy atom. The summed E-state index contributed by atoms with van der Waals surface area (Å²) in [5.74, 6) is -2.01. The number of nitrogens with one attached hydrogen (secondary N) is 2. The van der Waals surface area contributed by atoms with E-state index in [0.29, 0.717) is 12.1 Å². The summed E-state index contributed by atoms with van der Waals surface area (Å²) in [5.41, 5.74) is 11.7. The van der Waals surface area contributed by atoms with Crippen LogP contribution in [0.15, 0.2) is 54.6 Å². The standard InChI is InChI=1S/C11H13N3O3.C9H11NO2.C3H7NO2/c15-11(10-2-1-7-12-10)13-8-3-5-9(6-4-8)14(16)17;10-8(9(11)12)6-7-4-2-1-3-5-7;1-2(4)3(5)6/h3-6,10,12H,1-2,7H2,(H,13,15);1-5,8H,6,10H2,(H,11,12);2H,4H2,1H3,(H,5,6)/t10-;;/m0../s1. The van der Waals surface area contributed by atoms with Crippen molar-refractivity contribution >= 4 is 29.2 Å². The van der Waals surface area contributed by atoms with Crippen molar-refractivity contribution in [2.45, 2.75) is 44.3 Å². The summed E-state index contributed by atoms with van der Waals surface area (Å²) in [6.45, 7) is 2.28. The predicted molar refractivity (Wildman–Crippen MR) is 130 cm³/mol. The fourth-order valence-electron chi connectivity index (χ4n) is 2.76. The van der Waals surface area contributed by atoms with Crippen LogP contribution in [-0.2, 0) is 20.8 Å². The topological polar surface area (TPSA) is 211 Å². The van der Waals surface area contributed by atoms with Gasteiger partial charge in [-0.1, -0.05) is 30.3 Å². The van der Waals surface area contributed by atoms with E-state index < -0.39 is 28.9 Å². The molecule has 0 aromatic heterocycles. The van der Waals surface area contributed by atoms with Crippen LogP contribution in [0, 0.1) is 10.1 Å². The number of non-ortho nitro benzene ring substituents is 1. The number of nitro groups is 1. The highest BCUT2D eigenvalue weighted by molar-refractivity contribution is 5.95. The van der Waals surface area contributed by atoms with Crippen LogP contribution in [0.3, 0.4) is 0 Å². The van der Waals surface area contributed by atoms with Gasteiger partial charge in [0.2, 0.25) is 5.91 Å². The number of anilines is 1. The Balaban J connectivity index is 0.000000296. The number of nitrogens with zero attached hydrogens (tertiary/aromatic N) is 1. The van der Waals surface area contributed by atoms with E-state index >= 15 is 0 Å². The summed E-state index contributed by atoms with van der Waals surface area (Å²) >= 11 is 0. The van der Waals surface area contributed by atoms with Crippen molar-refractivity contribution in [3.63, 3.8) is 0 Å². The fraction of sp³-hybridized carbons (Fsp3) is 0.348. The summed E-state index contributed by atoms with van der Waals surface area (Å²) in [6, 6.07) is 13.5. The molecule has 12 heteroatoms. The van der Waals surface area contributed by atoms with Gasteiger partial charge in [-0.15, -0.1) is 0 Å². The molecule has 8 N–H and O–H groups in total. The Labute approximate surface area is 202 Å². The number of carboxylic acids is 2. The molecule has 0 radical (unpaired) electrons. The van der Waals surface area contributed by atoms with Crippen LogP contribution in [-0.4, -0.2) is 57.7 Å². The van der Waals surface area contributed by atoms with E-state index in [1.54, 1.807) is 0 Å². The van der Waals surface area contributed by atoms with Gasteiger partial charge in [-0.25, -0.2) is 0 Å². The SMILES string of the molecule is CC(N)C(=O)O.NC(Cc1ccccc1)C(=O)O.O=C(Nc1ccc([N+](=O)[O-])cc1)[C@@H]1CCCN1. The third-order valence-corrected chi connectivity index (χ3v) is 4.73. The van der Waals surface area contributed by atoms with Crippen molar-refractivity contribution in [3.8, 4) is 0 Å². The van der Waals surface area contributed by atoms with Gasteiger partial charge in [0.15, 0.2) is 0 Å². The quantitative estimate of drug-likeness (QED) is 0.243. The van der Waals surface area contributed by atoms with Gasteiger partial charge >= 0.3 is 11.9 Å². The molecule has 0 aliphatic carbocycles. The molecule has 12 nitrogen and oxygen atoms in total. The minimum absolute atomic E-state index is 0.0157. The zero-order valence-corrected chi connectivity index (χ0v) is 19.3. The Bertz CT molecular complexity index is 962. The van der Waals surface area contributed by atoms with Crippen LogP contribution in [0.4, 0.5) is 11.4 Å². The molecule has 2 unspecified atom stereocenters. The second-order valence-electron chi connectivity index (χ2n) is 7.70. The number of hydrogen-bond acceptors (Lipinski definition) is 8. The zero-order chi connectivity index (χ0) is 26.4. The summed E-state index contributed by atoms with van der Waals surface area (Å²) in [5, 5.41) is 32.6. The number of amides is 1. The molecule has 190 valence electrons.